The molecular weight excluding hydrogens is 244 g/mol. The number of amides is 1. The van der Waals surface area contributed by atoms with E-state index >= 15 is 0 Å². The first kappa shape index (κ1) is 13.5. The van der Waals surface area contributed by atoms with Crippen molar-refractivity contribution in [1.29, 1.82) is 0 Å². The Morgan fingerprint density at radius 1 is 1.53 bits per heavy atom. The summed E-state index contributed by atoms with van der Waals surface area (Å²) >= 11 is 0. The van der Waals surface area contributed by atoms with Crippen molar-refractivity contribution in [2.24, 2.45) is 5.92 Å². The van der Waals surface area contributed by atoms with Gasteiger partial charge < -0.3 is 9.64 Å². The number of piperidine rings is 1. The first-order chi connectivity index (χ1) is 9.16. The van der Waals surface area contributed by atoms with Crippen LogP contribution in [0.25, 0.3) is 0 Å². The summed E-state index contributed by atoms with van der Waals surface area (Å²) in [5.41, 5.74) is 0.363. The number of hydrogen-bond acceptors (Lipinski definition) is 4. The fourth-order valence-electron chi connectivity index (χ4n) is 2.20. The second-order valence-electron chi connectivity index (χ2n) is 4.90. The van der Waals surface area contributed by atoms with Gasteiger partial charge in [-0.25, -0.2) is 4.79 Å². The van der Waals surface area contributed by atoms with Gasteiger partial charge in [-0.3, -0.25) is 9.78 Å². The van der Waals surface area contributed by atoms with Gasteiger partial charge in [0.05, 0.1) is 5.56 Å². The number of esters is 1. The zero-order chi connectivity index (χ0) is 13.7. The third-order valence-electron chi connectivity index (χ3n) is 3.23. The van der Waals surface area contributed by atoms with Crippen molar-refractivity contribution in [1.82, 2.24) is 9.88 Å². The van der Waals surface area contributed by atoms with Crippen LogP contribution in [0.4, 0.5) is 0 Å². The summed E-state index contributed by atoms with van der Waals surface area (Å²) in [6.45, 7) is 3.44. The Morgan fingerprint density at radius 3 is 3.05 bits per heavy atom. The van der Waals surface area contributed by atoms with E-state index in [9.17, 15) is 9.59 Å². The summed E-state index contributed by atoms with van der Waals surface area (Å²) in [5.74, 6) is -0.109. The van der Waals surface area contributed by atoms with Crippen molar-refractivity contribution < 1.29 is 14.3 Å². The molecule has 1 atom stereocenters. The number of carbonyl (C=O) groups is 2. The zero-order valence-corrected chi connectivity index (χ0v) is 11.0. The molecule has 1 amide bonds. The molecule has 1 aromatic heterocycles. The van der Waals surface area contributed by atoms with Crippen LogP contribution in [0.2, 0.25) is 0 Å². The maximum absolute atomic E-state index is 11.9. The van der Waals surface area contributed by atoms with E-state index in [2.05, 4.69) is 11.9 Å². The highest BCUT2D eigenvalue weighted by Crippen LogP contribution is 2.15. The fourth-order valence-corrected chi connectivity index (χ4v) is 2.20. The molecule has 1 unspecified atom stereocenters. The van der Waals surface area contributed by atoms with Crippen LogP contribution in [0.15, 0.2) is 24.5 Å². The van der Waals surface area contributed by atoms with Crippen LogP contribution in [-0.4, -0.2) is 41.5 Å². The summed E-state index contributed by atoms with van der Waals surface area (Å²) in [6.07, 6.45) is 5.18. The lowest BCUT2D eigenvalue weighted by atomic mass is 10.0. The highest BCUT2D eigenvalue weighted by atomic mass is 16.5. The van der Waals surface area contributed by atoms with Crippen LogP contribution >= 0.6 is 0 Å². The summed E-state index contributed by atoms with van der Waals surface area (Å²) in [6, 6.07) is 3.27. The van der Waals surface area contributed by atoms with Crippen molar-refractivity contribution in [3.05, 3.63) is 30.1 Å². The van der Waals surface area contributed by atoms with Gasteiger partial charge in [0, 0.05) is 25.5 Å². The molecule has 0 aromatic carbocycles. The molecule has 1 aromatic rings. The molecule has 0 saturated carbocycles. The van der Waals surface area contributed by atoms with Crippen molar-refractivity contribution >= 4 is 11.9 Å². The average molecular weight is 262 g/mol. The van der Waals surface area contributed by atoms with Gasteiger partial charge in [-0.15, -0.1) is 0 Å². The summed E-state index contributed by atoms with van der Waals surface area (Å²) in [5, 5.41) is 0. The maximum Gasteiger partial charge on any atom is 0.340 e. The predicted octanol–water partition coefficient (Wildman–Crippen LogP) is 1.50. The maximum atomic E-state index is 11.9. The molecule has 5 nitrogen and oxygen atoms in total. The quantitative estimate of drug-likeness (QED) is 0.774. The van der Waals surface area contributed by atoms with E-state index < -0.39 is 5.97 Å². The normalized spacial score (nSPS) is 19.0. The van der Waals surface area contributed by atoms with E-state index in [0.717, 1.165) is 25.9 Å². The Hall–Kier alpha value is -1.91. The number of hydrogen-bond donors (Lipinski definition) is 0. The van der Waals surface area contributed by atoms with E-state index in [4.69, 9.17) is 4.74 Å². The molecule has 0 radical (unpaired) electrons. The molecule has 2 heterocycles. The molecule has 0 spiro atoms. The van der Waals surface area contributed by atoms with E-state index in [-0.39, 0.29) is 12.5 Å². The molecule has 1 fully saturated rings. The molecule has 0 N–H and O–H groups in total. The van der Waals surface area contributed by atoms with Gasteiger partial charge in [-0.1, -0.05) is 6.92 Å². The molecule has 5 heteroatoms. The molecular formula is C14H18N2O3. The lowest BCUT2D eigenvalue weighted by molar-refractivity contribution is -0.136. The second-order valence-corrected chi connectivity index (χ2v) is 4.90. The van der Waals surface area contributed by atoms with Crippen molar-refractivity contribution in [3.63, 3.8) is 0 Å². The van der Waals surface area contributed by atoms with Crippen LogP contribution in [0, 0.1) is 5.92 Å². The monoisotopic (exact) mass is 262 g/mol. The SMILES string of the molecule is CC1CCCN(C(=O)COC(=O)c2cccnc2)C1. The van der Waals surface area contributed by atoms with Gasteiger partial charge >= 0.3 is 5.97 Å². The van der Waals surface area contributed by atoms with Crippen molar-refractivity contribution in [2.45, 2.75) is 19.8 Å². The lowest BCUT2D eigenvalue weighted by Crippen LogP contribution is -2.41. The molecule has 19 heavy (non-hydrogen) atoms. The Labute approximate surface area is 112 Å². The summed E-state index contributed by atoms with van der Waals surface area (Å²) in [7, 11) is 0. The van der Waals surface area contributed by atoms with E-state index in [0.29, 0.717) is 11.5 Å². The van der Waals surface area contributed by atoms with E-state index in [1.165, 1.54) is 6.20 Å². The molecule has 1 aliphatic heterocycles. The van der Waals surface area contributed by atoms with Crippen LogP contribution in [0.5, 0.6) is 0 Å². The van der Waals surface area contributed by atoms with Gasteiger partial charge in [0.15, 0.2) is 6.61 Å². The Kier molecular flexibility index (Phi) is 4.49. The minimum Gasteiger partial charge on any atom is -0.452 e. The largest absolute Gasteiger partial charge is 0.452 e. The Balaban J connectivity index is 1.82. The van der Waals surface area contributed by atoms with Gasteiger partial charge in [0.1, 0.15) is 0 Å². The summed E-state index contributed by atoms with van der Waals surface area (Å²) in [4.78, 5) is 29.2. The molecule has 102 valence electrons. The first-order valence-corrected chi connectivity index (χ1v) is 6.51. The van der Waals surface area contributed by atoms with Crippen LogP contribution in [-0.2, 0) is 9.53 Å². The number of ether oxygens (including phenoxy) is 1. The Morgan fingerprint density at radius 2 is 2.37 bits per heavy atom. The number of aromatic nitrogens is 1. The van der Waals surface area contributed by atoms with Gasteiger partial charge in [0.2, 0.25) is 0 Å². The number of likely N-dealkylation sites (tertiary alicyclic amines) is 1. The fraction of sp³-hybridized carbons (Fsp3) is 0.500. The minimum atomic E-state index is -0.508. The van der Waals surface area contributed by atoms with Gasteiger partial charge in [0.25, 0.3) is 5.91 Å². The highest BCUT2D eigenvalue weighted by Gasteiger charge is 2.21. The van der Waals surface area contributed by atoms with Crippen LogP contribution in [0.3, 0.4) is 0 Å². The molecule has 2 rings (SSSR count). The number of rotatable bonds is 3. The minimum absolute atomic E-state index is 0.121. The average Bonchev–Trinajstić information content (AvgIpc) is 2.45. The third kappa shape index (κ3) is 3.77. The number of pyridine rings is 1. The highest BCUT2D eigenvalue weighted by molar-refractivity contribution is 5.90. The molecule has 0 aliphatic carbocycles. The van der Waals surface area contributed by atoms with Crippen molar-refractivity contribution in [3.8, 4) is 0 Å². The number of carbonyl (C=O) groups excluding carboxylic acids is 2. The first-order valence-electron chi connectivity index (χ1n) is 6.51. The summed E-state index contributed by atoms with van der Waals surface area (Å²) < 4.78 is 5.01. The lowest BCUT2D eigenvalue weighted by Gasteiger charge is -2.30. The number of nitrogens with zero attached hydrogens (tertiary/aromatic N) is 2. The van der Waals surface area contributed by atoms with Crippen LogP contribution in [0.1, 0.15) is 30.1 Å². The van der Waals surface area contributed by atoms with E-state index in [1.54, 1.807) is 23.2 Å². The van der Waals surface area contributed by atoms with E-state index in [1.807, 2.05) is 0 Å². The zero-order valence-electron chi connectivity index (χ0n) is 11.0. The van der Waals surface area contributed by atoms with Crippen LogP contribution < -0.4 is 0 Å². The van der Waals surface area contributed by atoms with Gasteiger partial charge in [-0.2, -0.15) is 0 Å². The topological polar surface area (TPSA) is 59.5 Å². The Bertz CT molecular complexity index is 447. The second kappa shape index (κ2) is 6.31. The standard InChI is InChI=1S/C14H18N2O3/c1-11-4-3-7-16(9-11)13(17)10-19-14(18)12-5-2-6-15-8-12/h2,5-6,8,11H,3-4,7,9-10H2,1H3. The smallest absolute Gasteiger partial charge is 0.340 e. The molecule has 0 bridgehead atoms. The van der Waals surface area contributed by atoms with Gasteiger partial charge in [-0.05, 0) is 30.9 Å². The predicted molar refractivity (Wildman–Crippen MR) is 69.5 cm³/mol. The third-order valence-corrected chi connectivity index (χ3v) is 3.23. The molecule has 1 aliphatic rings. The molecule has 1 saturated heterocycles. The van der Waals surface area contributed by atoms with Crippen molar-refractivity contribution in [2.75, 3.05) is 19.7 Å².